The molecule has 0 amide bonds. The summed E-state index contributed by atoms with van der Waals surface area (Å²) >= 11 is 1.72. The summed E-state index contributed by atoms with van der Waals surface area (Å²) in [7, 11) is 0. The van der Waals surface area contributed by atoms with Crippen LogP contribution >= 0.6 is 11.8 Å². The summed E-state index contributed by atoms with van der Waals surface area (Å²) in [5.74, 6) is 0.482. The van der Waals surface area contributed by atoms with Gasteiger partial charge >= 0.3 is 5.97 Å². The molecule has 0 bridgehead atoms. The molecule has 0 aliphatic heterocycles. The van der Waals surface area contributed by atoms with Crippen LogP contribution in [-0.2, 0) is 16.1 Å². The van der Waals surface area contributed by atoms with E-state index in [1.807, 2.05) is 30.3 Å². The summed E-state index contributed by atoms with van der Waals surface area (Å²) < 4.78 is 21.5. The highest BCUT2D eigenvalue weighted by atomic mass is 32.2. The molecule has 1 N–H and O–H groups in total. The van der Waals surface area contributed by atoms with Gasteiger partial charge in [-0.2, -0.15) is 5.10 Å². The Morgan fingerprint density at radius 2 is 1.88 bits per heavy atom. The first kappa shape index (κ1) is 24.4. The maximum absolute atomic E-state index is 14.1. The van der Waals surface area contributed by atoms with Crippen LogP contribution in [0.5, 0.6) is 0 Å². The van der Waals surface area contributed by atoms with Gasteiger partial charge < -0.3 is 9.84 Å². The number of hydrogen-bond donors (Lipinski definition) is 1. The predicted molar refractivity (Wildman–Crippen MR) is 131 cm³/mol. The number of carboxylic acid groups (broad SMARTS) is 1. The van der Waals surface area contributed by atoms with Crippen LogP contribution in [0, 0.1) is 17.7 Å². The summed E-state index contributed by atoms with van der Waals surface area (Å²) in [4.78, 5) is 14.8. The van der Waals surface area contributed by atoms with Gasteiger partial charge in [-0.25, -0.2) is 9.18 Å². The van der Waals surface area contributed by atoms with Crippen LogP contribution in [-0.4, -0.2) is 44.8 Å². The van der Waals surface area contributed by atoms with Crippen molar-refractivity contribution in [1.82, 2.24) is 14.8 Å². The van der Waals surface area contributed by atoms with Gasteiger partial charge in [0.25, 0.3) is 0 Å². The largest absolute Gasteiger partial charge is 0.480 e. The number of carboxylic acids is 1. The number of aromatic nitrogens is 3. The fourth-order valence-corrected chi connectivity index (χ4v) is 5.50. The molecule has 2 aromatic heterocycles. The van der Waals surface area contributed by atoms with Gasteiger partial charge in [0.2, 0.25) is 0 Å². The van der Waals surface area contributed by atoms with E-state index in [0.29, 0.717) is 18.4 Å². The van der Waals surface area contributed by atoms with Crippen LogP contribution in [0.1, 0.15) is 32.6 Å². The quantitative estimate of drug-likeness (QED) is 0.369. The topological polar surface area (TPSA) is 77.2 Å². The van der Waals surface area contributed by atoms with E-state index in [1.165, 1.54) is 12.3 Å². The van der Waals surface area contributed by atoms with Crippen molar-refractivity contribution in [2.45, 2.75) is 44.2 Å². The number of nitrogens with zero attached hydrogens (tertiary/aromatic N) is 3. The van der Waals surface area contributed by atoms with E-state index >= 15 is 0 Å². The van der Waals surface area contributed by atoms with E-state index in [-0.39, 0.29) is 12.4 Å². The molecule has 3 aromatic rings. The average Bonchev–Trinajstić information content (AvgIpc) is 3.19. The molecule has 1 aliphatic carbocycles. The Bertz CT molecular complexity index is 1100. The number of halogens is 1. The lowest BCUT2D eigenvalue weighted by molar-refractivity contribution is -0.142. The minimum Gasteiger partial charge on any atom is -0.480 e. The van der Waals surface area contributed by atoms with Crippen LogP contribution < -0.4 is 0 Å². The van der Waals surface area contributed by atoms with Gasteiger partial charge in [0.05, 0.1) is 12.8 Å². The third-order valence-corrected chi connectivity index (χ3v) is 7.18. The Balaban J connectivity index is 1.59. The lowest BCUT2D eigenvalue weighted by Crippen LogP contribution is -2.23. The molecule has 4 rings (SSSR count). The van der Waals surface area contributed by atoms with Crippen molar-refractivity contribution in [2.24, 2.45) is 11.8 Å². The number of aliphatic carboxylic acids is 1. The molecular formula is C26H30FN3O3S. The Hall–Kier alpha value is -2.71. The molecule has 180 valence electrons. The normalized spacial score (nSPS) is 18.2. The monoisotopic (exact) mass is 483 g/mol. The molecule has 1 fully saturated rings. The van der Waals surface area contributed by atoms with Crippen molar-refractivity contribution in [2.75, 3.05) is 19.0 Å². The summed E-state index contributed by atoms with van der Waals surface area (Å²) in [5.41, 5.74) is 3.51. The van der Waals surface area contributed by atoms with E-state index in [0.717, 1.165) is 65.4 Å². The molecule has 1 aromatic carbocycles. The van der Waals surface area contributed by atoms with Gasteiger partial charge in [-0.3, -0.25) is 9.67 Å². The zero-order chi connectivity index (χ0) is 23.9. The average molecular weight is 484 g/mol. The number of ether oxygens (including phenoxy) is 1. The van der Waals surface area contributed by atoms with Crippen LogP contribution in [0.2, 0.25) is 0 Å². The molecule has 0 radical (unpaired) electrons. The van der Waals surface area contributed by atoms with Crippen LogP contribution in [0.25, 0.3) is 22.4 Å². The summed E-state index contributed by atoms with van der Waals surface area (Å²) in [6.07, 6.45) is 7.08. The van der Waals surface area contributed by atoms with Gasteiger partial charge in [0, 0.05) is 29.4 Å². The second kappa shape index (κ2) is 11.6. The second-order valence-electron chi connectivity index (χ2n) is 8.70. The van der Waals surface area contributed by atoms with Crippen LogP contribution in [0.3, 0.4) is 0 Å². The number of thioether (sulfide) groups is 1. The molecule has 0 spiro atoms. The zero-order valence-electron chi connectivity index (χ0n) is 19.3. The van der Waals surface area contributed by atoms with E-state index in [2.05, 4.69) is 16.6 Å². The Morgan fingerprint density at radius 3 is 2.56 bits per heavy atom. The summed E-state index contributed by atoms with van der Waals surface area (Å²) in [6, 6.07) is 11.6. The lowest BCUT2D eigenvalue weighted by atomic mass is 9.82. The fourth-order valence-electron chi connectivity index (χ4n) is 4.60. The van der Waals surface area contributed by atoms with Crippen molar-refractivity contribution in [1.29, 1.82) is 0 Å². The van der Waals surface area contributed by atoms with Crippen LogP contribution in [0.4, 0.5) is 4.39 Å². The summed E-state index contributed by atoms with van der Waals surface area (Å²) in [5, 5.41) is 14.8. The Kier molecular flexibility index (Phi) is 8.34. The van der Waals surface area contributed by atoms with Gasteiger partial charge in [-0.1, -0.05) is 37.3 Å². The minimum atomic E-state index is -0.924. The minimum absolute atomic E-state index is 0.231. The smallest absolute Gasteiger partial charge is 0.329 e. The highest BCUT2D eigenvalue weighted by Gasteiger charge is 2.26. The first-order valence-electron chi connectivity index (χ1n) is 11.7. The van der Waals surface area contributed by atoms with E-state index in [9.17, 15) is 9.18 Å². The van der Waals surface area contributed by atoms with Gasteiger partial charge in [0.1, 0.15) is 23.1 Å². The van der Waals surface area contributed by atoms with E-state index < -0.39 is 5.97 Å². The SMILES string of the molecule is CCSc1c(-c2cncc(F)c2)c(-c2ccccc2)nn1C[C@H]1CC[C@H](COCC(=O)O)CC1. The third-order valence-electron chi connectivity index (χ3n) is 6.20. The molecule has 0 unspecified atom stereocenters. The zero-order valence-corrected chi connectivity index (χ0v) is 20.1. The molecule has 1 saturated carbocycles. The Morgan fingerprint density at radius 1 is 1.15 bits per heavy atom. The van der Waals surface area contributed by atoms with Gasteiger partial charge in [-0.05, 0) is 49.3 Å². The van der Waals surface area contributed by atoms with Crippen molar-refractivity contribution in [3.8, 4) is 22.4 Å². The predicted octanol–water partition coefficient (Wildman–Crippen LogP) is 5.77. The number of hydrogen-bond acceptors (Lipinski definition) is 5. The van der Waals surface area contributed by atoms with Crippen molar-refractivity contribution < 1.29 is 19.0 Å². The number of benzene rings is 1. The first-order chi connectivity index (χ1) is 16.5. The van der Waals surface area contributed by atoms with Crippen LogP contribution in [0.15, 0.2) is 53.8 Å². The first-order valence-corrected chi connectivity index (χ1v) is 12.7. The molecule has 6 nitrogen and oxygen atoms in total. The molecule has 0 atom stereocenters. The molecule has 8 heteroatoms. The number of pyridine rings is 1. The molecule has 0 saturated heterocycles. The van der Waals surface area contributed by atoms with Gasteiger partial charge in [-0.15, -0.1) is 11.8 Å². The maximum atomic E-state index is 14.1. The number of rotatable bonds is 10. The third kappa shape index (κ3) is 6.04. The molecular weight excluding hydrogens is 453 g/mol. The molecule has 1 aliphatic rings. The van der Waals surface area contributed by atoms with Crippen molar-refractivity contribution >= 4 is 17.7 Å². The molecule has 2 heterocycles. The van der Waals surface area contributed by atoms with E-state index in [4.69, 9.17) is 14.9 Å². The number of carbonyl (C=O) groups is 1. The fraction of sp³-hybridized carbons (Fsp3) is 0.423. The second-order valence-corrected chi connectivity index (χ2v) is 9.95. The van der Waals surface area contributed by atoms with Gasteiger partial charge in [0.15, 0.2) is 0 Å². The Labute approximate surface area is 203 Å². The van der Waals surface area contributed by atoms with Crippen molar-refractivity contribution in [3.05, 3.63) is 54.6 Å². The highest BCUT2D eigenvalue weighted by molar-refractivity contribution is 7.99. The standard InChI is InChI=1S/C26H30FN3O3S/c1-2-34-26-24(21-12-22(27)14-28-13-21)25(20-6-4-3-5-7-20)29-30(26)15-18-8-10-19(11-9-18)16-33-17-23(31)32/h3-7,12-14,18-19H,2,8-11,15-17H2,1H3,(H,31,32)/t18-,19-. The highest BCUT2D eigenvalue weighted by Crippen LogP contribution is 2.40. The lowest BCUT2D eigenvalue weighted by Gasteiger charge is -2.28. The molecule has 34 heavy (non-hydrogen) atoms. The summed E-state index contributed by atoms with van der Waals surface area (Å²) in [6.45, 7) is 3.19. The van der Waals surface area contributed by atoms with E-state index in [1.54, 1.807) is 18.0 Å². The maximum Gasteiger partial charge on any atom is 0.329 e. The van der Waals surface area contributed by atoms with Crippen molar-refractivity contribution in [3.63, 3.8) is 0 Å².